The lowest BCUT2D eigenvalue weighted by Gasteiger charge is -2.26. The number of hydrogen-bond donors (Lipinski definition) is 4. The number of aliphatic imine (C=N–C) groups is 1. The van der Waals surface area contributed by atoms with Crippen LogP contribution in [-0.4, -0.2) is 77.7 Å². The minimum Gasteiger partial charge on any atom is -0.454 e. The molecule has 2 aromatic carbocycles. The summed E-state index contributed by atoms with van der Waals surface area (Å²) >= 11 is 6.53. The van der Waals surface area contributed by atoms with Crippen LogP contribution in [0.4, 0.5) is 5.69 Å². The molecular formula is C24H31ClN6O5S. The predicted molar refractivity (Wildman–Crippen MR) is 142 cm³/mol. The van der Waals surface area contributed by atoms with Gasteiger partial charge in [-0.25, -0.2) is 8.42 Å². The molecule has 0 bridgehead atoms. The molecule has 0 radical (unpaired) electrons. The number of morpholine rings is 1. The third-order valence-corrected chi connectivity index (χ3v) is 8.01. The Kier molecular flexibility index (Phi) is 8.55. The molecule has 2 aromatic rings. The van der Waals surface area contributed by atoms with Crippen LogP contribution in [0.25, 0.3) is 0 Å². The number of sulfone groups is 1. The molecule has 0 aromatic heterocycles. The van der Waals surface area contributed by atoms with Crippen LogP contribution >= 0.6 is 11.6 Å². The molecule has 0 atom stereocenters. The summed E-state index contributed by atoms with van der Waals surface area (Å²) in [5.41, 5.74) is 12.2. The lowest BCUT2D eigenvalue weighted by Crippen LogP contribution is -2.40. The Morgan fingerprint density at radius 1 is 1.11 bits per heavy atom. The molecule has 13 heteroatoms. The maximum absolute atomic E-state index is 13.3. The third kappa shape index (κ3) is 6.70. The van der Waals surface area contributed by atoms with E-state index in [4.69, 9.17) is 32.5 Å². The molecule has 2 aliphatic heterocycles. The SMILES string of the molecule is Cc1cc(C(=O)N=C(N)N)cc2c1Oc1c(Cl)cc(NCCNCCN3CCOCC3)cc1CS2(=O)=O. The van der Waals surface area contributed by atoms with Crippen molar-refractivity contribution in [3.8, 4) is 11.5 Å². The first-order valence-electron chi connectivity index (χ1n) is 11.9. The number of aryl methyl sites for hydroxylation is 1. The Morgan fingerprint density at radius 2 is 1.86 bits per heavy atom. The average Bonchev–Trinajstić information content (AvgIpc) is 2.95. The first kappa shape index (κ1) is 27.1. The number of guanidine groups is 1. The number of hydrogen-bond acceptors (Lipinski definition) is 8. The molecular weight excluding hydrogens is 520 g/mol. The van der Waals surface area contributed by atoms with Gasteiger partial charge in [-0.2, -0.15) is 4.99 Å². The lowest BCUT2D eigenvalue weighted by molar-refractivity contribution is 0.0385. The number of nitrogens with two attached hydrogens (primary N) is 2. The van der Waals surface area contributed by atoms with Crippen molar-refractivity contribution in [2.75, 3.05) is 57.8 Å². The number of nitrogens with one attached hydrogen (secondary N) is 2. The smallest absolute Gasteiger partial charge is 0.280 e. The van der Waals surface area contributed by atoms with Crippen molar-refractivity contribution < 1.29 is 22.7 Å². The van der Waals surface area contributed by atoms with E-state index in [1.165, 1.54) is 12.1 Å². The quantitative estimate of drug-likeness (QED) is 0.215. The molecule has 6 N–H and O–H groups in total. The van der Waals surface area contributed by atoms with Crippen molar-refractivity contribution in [1.29, 1.82) is 0 Å². The number of ether oxygens (including phenoxy) is 2. The summed E-state index contributed by atoms with van der Waals surface area (Å²) in [4.78, 5) is 18.1. The summed E-state index contributed by atoms with van der Waals surface area (Å²) in [5, 5.41) is 6.96. The van der Waals surface area contributed by atoms with Crippen LogP contribution in [0.2, 0.25) is 5.02 Å². The van der Waals surface area contributed by atoms with Gasteiger partial charge < -0.3 is 31.6 Å². The van der Waals surface area contributed by atoms with Crippen molar-refractivity contribution in [3.05, 3.63) is 46.0 Å². The van der Waals surface area contributed by atoms with E-state index in [9.17, 15) is 13.2 Å². The van der Waals surface area contributed by atoms with Gasteiger partial charge in [-0.05, 0) is 36.8 Å². The second-order valence-electron chi connectivity index (χ2n) is 8.90. The Hall–Kier alpha value is -2.90. The number of anilines is 1. The summed E-state index contributed by atoms with van der Waals surface area (Å²) in [6.07, 6.45) is 0. The highest BCUT2D eigenvalue weighted by atomic mass is 35.5. The zero-order valence-electron chi connectivity index (χ0n) is 20.5. The van der Waals surface area contributed by atoms with Crippen molar-refractivity contribution >= 4 is 39.0 Å². The minimum absolute atomic E-state index is 0.0392. The van der Waals surface area contributed by atoms with Gasteiger partial charge in [-0.15, -0.1) is 0 Å². The molecule has 11 nitrogen and oxygen atoms in total. The molecule has 1 amide bonds. The molecule has 0 saturated carbocycles. The highest BCUT2D eigenvalue weighted by Gasteiger charge is 2.31. The maximum atomic E-state index is 13.3. The van der Waals surface area contributed by atoms with Crippen LogP contribution < -0.4 is 26.8 Å². The van der Waals surface area contributed by atoms with Gasteiger partial charge in [0, 0.05) is 56.1 Å². The molecule has 2 aliphatic rings. The lowest BCUT2D eigenvalue weighted by atomic mass is 10.1. The highest BCUT2D eigenvalue weighted by Crippen LogP contribution is 2.44. The van der Waals surface area contributed by atoms with Crippen molar-refractivity contribution in [2.45, 2.75) is 17.6 Å². The number of fused-ring (bicyclic) bond motifs is 2. The molecule has 0 aliphatic carbocycles. The zero-order valence-corrected chi connectivity index (χ0v) is 22.1. The summed E-state index contributed by atoms with van der Waals surface area (Å²) < 4.78 is 38.0. The molecule has 1 saturated heterocycles. The summed E-state index contributed by atoms with van der Waals surface area (Å²) in [5.74, 6) is -1.12. The maximum Gasteiger partial charge on any atom is 0.280 e. The monoisotopic (exact) mass is 550 g/mol. The fourth-order valence-corrected chi connectivity index (χ4v) is 6.10. The van der Waals surface area contributed by atoms with E-state index in [0.717, 1.165) is 45.9 Å². The van der Waals surface area contributed by atoms with E-state index in [1.54, 1.807) is 19.1 Å². The van der Waals surface area contributed by atoms with Gasteiger partial charge >= 0.3 is 0 Å². The van der Waals surface area contributed by atoms with E-state index in [1.807, 2.05) is 0 Å². The summed E-state index contributed by atoms with van der Waals surface area (Å²) in [7, 11) is -3.88. The molecule has 4 rings (SSSR count). The standard InChI is InChI=1S/C24H31ClN6O5S/c1-15-10-16(23(32)30-24(26)27)12-20-21(15)36-22-17(14-37(20,33)34)11-18(13-19(22)25)29-3-2-28-4-5-31-6-8-35-9-7-31/h10-13,28-29H,2-9,14H2,1H3,(H4,26,27,30,32). The largest absolute Gasteiger partial charge is 0.454 e. The van der Waals surface area contributed by atoms with Crippen LogP contribution in [0.3, 0.4) is 0 Å². The molecule has 1 fully saturated rings. The first-order valence-corrected chi connectivity index (χ1v) is 13.9. The Balaban J connectivity index is 1.46. The second-order valence-corrected chi connectivity index (χ2v) is 11.3. The fraction of sp³-hybridized carbons (Fsp3) is 0.417. The molecule has 0 unspecified atom stereocenters. The van der Waals surface area contributed by atoms with Gasteiger partial charge in [0.1, 0.15) is 16.4 Å². The number of rotatable bonds is 8. The van der Waals surface area contributed by atoms with Gasteiger partial charge in [-0.1, -0.05) is 11.6 Å². The Labute approximate surface area is 221 Å². The van der Waals surface area contributed by atoms with Crippen LogP contribution in [-0.2, 0) is 20.3 Å². The van der Waals surface area contributed by atoms with Gasteiger partial charge in [0.2, 0.25) is 0 Å². The number of nitrogens with zero attached hydrogens (tertiary/aromatic N) is 2. The minimum atomic E-state index is -3.88. The van der Waals surface area contributed by atoms with Crippen LogP contribution in [0.5, 0.6) is 11.5 Å². The average molecular weight is 551 g/mol. The van der Waals surface area contributed by atoms with Crippen molar-refractivity contribution in [1.82, 2.24) is 10.2 Å². The van der Waals surface area contributed by atoms with Crippen LogP contribution in [0.15, 0.2) is 34.2 Å². The van der Waals surface area contributed by atoms with Gasteiger partial charge in [-0.3, -0.25) is 9.69 Å². The van der Waals surface area contributed by atoms with Gasteiger partial charge in [0.05, 0.1) is 24.0 Å². The number of carbonyl (C=O) groups is 1. The second kappa shape index (κ2) is 11.7. The van der Waals surface area contributed by atoms with E-state index in [0.29, 0.717) is 23.4 Å². The Morgan fingerprint density at radius 3 is 2.59 bits per heavy atom. The molecule has 200 valence electrons. The molecule has 2 heterocycles. The van der Waals surface area contributed by atoms with Crippen molar-refractivity contribution in [2.24, 2.45) is 16.5 Å². The van der Waals surface area contributed by atoms with E-state index in [2.05, 4.69) is 20.5 Å². The van der Waals surface area contributed by atoms with Crippen LogP contribution in [0, 0.1) is 6.92 Å². The molecule has 0 spiro atoms. The first-order chi connectivity index (χ1) is 17.6. The van der Waals surface area contributed by atoms with E-state index < -0.39 is 21.7 Å². The normalized spacial score (nSPS) is 16.6. The summed E-state index contributed by atoms with van der Waals surface area (Å²) in [6.45, 7) is 8.29. The summed E-state index contributed by atoms with van der Waals surface area (Å²) in [6, 6.07) is 6.13. The van der Waals surface area contributed by atoms with Crippen LogP contribution in [0.1, 0.15) is 21.5 Å². The van der Waals surface area contributed by atoms with Gasteiger partial charge in [0.15, 0.2) is 15.8 Å². The Bertz CT molecular complexity index is 1310. The number of halogens is 1. The third-order valence-electron chi connectivity index (χ3n) is 6.06. The van der Waals surface area contributed by atoms with Gasteiger partial charge in [0.25, 0.3) is 5.91 Å². The van der Waals surface area contributed by atoms with E-state index in [-0.39, 0.29) is 32.7 Å². The number of carbonyl (C=O) groups excluding carboxylic acids is 1. The highest BCUT2D eigenvalue weighted by molar-refractivity contribution is 7.90. The predicted octanol–water partition coefficient (Wildman–Crippen LogP) is 1.48. The fourth-order valence-electron chi connectivity index (χ4n) is 4.25. The van der Waals surface area contributed by atoms with E-state index >= 15 is 0 Å². The van der Waals surface area contributed by atoms with Crippen molar-refractivity contribution in [3.63, 3.8) is 0 Å². The number of benzene rings is 2. The zero-order chi connectivity index (χ0) is 26.6. The molecule has 37 heavy (non-hydrogen) atoms. The number of amides is 1. The topological polar surface area (TPSA) is 161 Å².